The van der Waals surface area contributed by atoms with Crippen LogP contribution in [0.2, 0.25) is 0 Å². The lowest BCUT2D eigenvalue weighted by molar-refractivity contribution is -0.177. The Morgan fingerprint density at radius 3 is 2.50 bits per heavy atom. The van der Waals surface area contributed by atoms with Gasteiger partial charge in [0.1, 0.15) is 5.41 Å². The van der Waals surface area contributed by atoms with E-state index in [4.69, 9.17) is 9.47 Å². The van der Waals surface area contributed by atoms with Gasteiger partial charge in [-0.3, -0.25) is 4.79 Å². The van der Waals surface area contributed by atoms with Crippen molar-refractivity contribution in [2.45, 2.75) is 69.4 Å². The van der Waals surface area contributed by atoms with E-state index in [1.165, 1.54) is 32.1 Å². The molecule has 2 saturated heterocycles. The Morgan fingerprint density at radius 2 is 1.83 bits per heavy atom. The van der Waals surface area contributed by atoms with Crippen molar-refractivity contribution in [1.82, 2.24) is 0 Å². The van der Waals surface area contributed by atoms with Gasteiger partial charge in [-0.2, -0.15) is 0 Å². The number of carboxylic acid groups (broad SMARTS) is 1. The van der Waals surface area contributed by atoms with Crippen LogP contribution < -0.4 is 0 Å². The first kappa shape index (κ1) is 11.2. The van der Waals surface area contributed by atoms with Gasteiger partial charge in [0, 0.05) is 6.42 Å². The lowest BCUT2D eigenvalue weighted by Gasteiger charge is -2.34. The molecule has 4 rings (SSSR count). The number of aliphatic carboxylic acids is 1. The highest BCUT2D eigenvalue weighted by Crippen LogP contribution is 2.81. The Labute approximate surface area is 107 Å². The quantitative estimate of drug-likeness (QED) is 0.784. The zero-order valence-corrected chi connectivity index (χ0v) is 10.6. The summed E-state index contributed by atoms with van der Waals surface area (Å²) < 4.78 is 11.3. The van der Waals surface area contributed by atoms with Gasteiger partial charge >= 0.3 is 5.97 Å². The summed E-state index contributed by atoms with van der Waals surface area (Å²) in [4.78, 5) is 11.9. The van der Waals surface area contributed by atoms with Gasteiger partial charge in [-0.15, -0.1) is 0 Å². The average molecular weight is 252 g/mol. The second-order valence-corrected chi connectivity index (χ2v) is 6.52. The Kier molecular flexibility index (Phi) is 2.05. The molecule has 0 radical (unpaired) electrons. The van der Waals surface area contributed by atoms with Crippen molar-refractivity contribution in [1.29, 1.82) is 0 Å². The summed E-state index contributed by atoms with van der Waals surface area (Å²) in [5.41, 5.74) is -0.757. The van der Waals surface area contributed by atoms with E-state index in [2.05, 4.69) is 0 Å². The van der Waals surface area contributed by atoms with Crippen molar-refractivity contribution < 1.29 is 19.4 Å². The minimum atomic E-state index is -0.757. The van der Waals surface area contributed by atoms with Crippen molar-refractivity contribution in [3.05, 3.63) is 0 Å². The predicted molar refractivity (Wildman–Crippen MR) is 62.7 cm³/mol. The van der Waals surface area contributed by atoms with Gasteiger partial charge in [-0.05, 0) is 25.2 Å². The lowest BCUT2D eigenvalue weighted by Crippen LogP contribution is -2.44. The second kappa shape index (κ2) is 3.28. The molecule has 1 atom stereocenters. The highest BCUT2D eigenvalue weighted by Gasteiger charge is 2.99. The van der Waals surface area contributed by atoms with Crippen molar-refractivity contribution in [3.8, 4) is 0 Å². The summed E-state index contributed by atoms with van der Waals surface area (Å²) in [6, 6.07) is 0. The molecule has 0 spiro atoms. The molecule has 2 aliphatic heterocycles. The van der Waals surface area contributed by atoms with E-state index in [9.17, 15) is 9.90 Å². The molecule has 4 fully saturated rings. The number of ether oxygens (including phenoxy) is 2. The van der Waals surface area contributed by atoms with E-state index in [0.29, 0.717) is 5.92 Å². The maximum absolute atomic E-state index is 11.9. The summed E-state index contributed by atoms with van der Waals surface area (Å²) in [6.07, 6.45) is 9.44. The smallest absolute Gasteiger partial charge is 0.315 e. The molecular weight excluding hydrogens is 232 g/mol. The zero-order chi connectivity index (χ0) is 12.4. The van der Waals surface area contributed by atoms with Crippen molar-refractivity contribution in [2.75, 3.05) is 0 Å². The molecule has 4 nitrogen and oxygen atoms in total. The van der Waals surface area contributed by atoms with E-state index in [-0.39, 0.29) is 0 Å². The standard InChI is InChI=1S/C14H20O4/c15-11(16)12(9-10-5-2-1-3-6-10)7-4-8-13-14(12,17-13)18-13/h10H,1-9H2,(H,15,16). The van der Waals surface area contributed by atoms with Gasteiger partial charge in [-0.25, -0.2) is 0 Å². The molecule has 0 aromatic carbocycles. The minimum absolute atomic E-state index is 0.474. The van der Waals surface area contributed by atoms with Crippen molar-refractivity contribution in [3.63, 3.8) is 0 Å². The van der Waals surface area contributed by atoms with Crippen LogP contribution in [0.15, 0.2) is 0 Å². The van der Waals surface area contributed by atoms with Crippen LogP contribution >= 0.6 is 0 Å². The van der Waals surface area contributed by atoms with E-state index in [0.717, 1.165) is 25.7 Å². The highest BCUT2D eigenvalue weighted by atomic mass is 17.0. The summed E-state index contributed by atoms with van der Waals surface area (Å²) in [5.74, 6) is -1.35. The lowest BCUT2D eigenvalue weighted by atomic mass is 9.66. The Morgan fingerprint density at radius 1 is 1.11 bits per heavy atom. The summed E-state index contributed by atoms with van der Waals surface area (Å²) >= 11 is 0. The van der Waals surface area contributed by atoms with Crippen LogP contribution in [0.25, 0.3) is 0 Å². The Balaban J connectivity index is 1.59. The largest absolute Gasteiger partial charge is 0.481 e. The second-order valence-electron chi connectivity index (χ2n) is 6.52. The van der Waals surface area contributed by atoms with Crippen LogP contribution in [0, 0.1) is 11.3 Å². The normalized spacial score (nSPS) is 50.2. The van der Waals surface area contributed by atoms with Crippen LogP contribution in [-0.2, 0) is 14.3 Å². The number of carbonyl (C=O) groups is 1. The van der Waals surface area contributed by atoms with Gasteiger partial charge in [0.15, 0.2) is 0 Å². The maximum atomic E-state index is 11.9. The molecule has 2 heterocycles. The Hall–Kier alpha value is -0.610. The van der Waals surface area contributed by atoms with Gasteiger partial charge in [-0.1, -0.05) is 32.1 Å². The van der Waals surface area contributed by atoms with Crippen LogP contribution in [0.4, 0.5) is 0 Å². The molecular formula is C14H20O4. The van der Waals surface area contributed by atoms with Crippen LogP contribution in [0.5, 0.6) is 0 Å². The topological polar surface area (TPSA) is 62.4 Å². The van der Waals surface area contributed by atoms with E-state index < -0.39 is 23.0 Å². The number of carboxylic acids is 1. The average Bonchev–Trinajstić information content (AvgIpc) is 3.17. The SMILES string of the molecule is O=C(O)C1(CC2CCCCC2)CCCC23OC21O3. The summed E-state index contributed by atoms with van der Waals surface area (Å²) in [6.45, 7) is 0. The molecule has 100 valence electrons. The summed E-state index contributed by atoms with van der Waals surface area (Å²) in [5, 5.41) is 9.75. The third kappa shape index (κ3) is 1.16. The first-order valence-corrected chi connectivity index (χ1v) is 7.28. The number of hydrogen-bond donors (Lipinski definition) is 1. The molecule has 0 bridgehead atoms. The number of epoxide rings is 2. The minimum Gasteiger partial charge on any atom is -0.481 e. The van der Waals surface area contributed by atoms with Crippen LogP contribution in [-0.4, -0.2) is 22.7 Å². The third-order valence-corrected chi connectivity index (χ3v) is 5.55. The Bertz CT molecular complexity index is 393. The molecule has 18 heavy (non-hydrogen) atoms. The number of hydrogen-bond acceptors (Lipinski definition) is 3. The summed E-state index contributed by atoms with van der Waals surface area (Å²) in [7, 11) is 0. The third-order valence-electron chi connectivity index (χ3n) is 5.55. The zero-order valence-electron chi connectivity index (χ0n) is 10.6. The molecule has 1 N–H and O–H groups in total. The molecule has 2 saturated carbocycles. The number of rotatable bonds is 3. The van der Waals surface area contributed by atoms with Crippen LogP contribution in [0.3, 0.4) is 0 Å². The molecule has 0 aromatic rings. The first-order valence-electron chi connectivity index (χ1n) is 7.28. The van der Waals surface area contributed by atoms with Crippen LogP contribution in [0.1, 0.15) is 57.8 Å². The fraction of sp³-hybridized carbons (Fsp3) is 0.929. The van der Waals surface area contributed by atoms with Crippen molar-refractivity contribution in [2.24, 2.45) is 11.3 Å². The first-order chi connectivity index (χ1) is 8.64. The van der Waals surface area contributed by atoms with Gasteiger partial charge in [0.2, 0.25) is 11.6 Å². The molecule has 4 aliphatic rings. The van der Waals surface area contributed by atoms with Crippen molar-refractivity contribution >= 4 is 5.97 Å². The molecule has 4 heteroatoms. The van der Waals surface area contributed by atoms with E-state index in [1.807, 2.05) is 0 Å². The van der Waals surface area contributed by atoms with Gasteiger partial charge in [0.25, 0.3) is 0 Å². The predicted octanol–water partition coefficient (Wildman–Crippen LogP) is 2.66. The maximum Gasteiger partial charge on any atom is 0.315 e. The molecule has 2 aliphatic carbocycles. The van der Waals surface area contributed by atoms with Gasteiger partial charge in [0.05, 0.1) is 0 Å². The fourth-order valence-electron chi connectivity index (χ4n) is 4.49. The molecule has 0 amide bonds. The highest BCUT2D eigenvalue weighted by molar-refractivity contribution is 5.78. The molecule has 1 unspecified atom stereocenters. The molecule has 0 aromatic heterocycles. The fourth-order valence-corrected chi connectivity index (χ4v) is 4.49. The van der Waals surface area contributed by atoms with E-state index >= 15 is 0 Å². The van der Waals surface area contributed by atoms with Gasteiger partial charge < -0.3 is 14.6 Å². The van der Waals surface area contributed by atoms with E-state index in [1.54, 1.807) is 0 Å². The monoisotopic (exact) mass is 252 g/mol.